The van der Waals surface area contributed by atoms with E-state index in [9.17, 15) is 9.59 Å². The molecule has 18 heavy (non-hydrogen) atoms. The number of aliphatic carboxylic acids is 1. The van der Waals surface area contributed by atoms with Crippen LogP contribution in [0.3, 0.4) is 0 Å². The molecule has 0 saturated carbocycles. The van der Waals surface area contributed by atoms with Gasteiger partial charge in [0.2, 0.25) is 0 Å². The maximum Gasteiger partial charge on any atom is 0.326 e. The second kappa shape index (κ2) is 5.56. The van der Waals surface area contributed by atoms with Gasteiger partial charge < -0.3 is 19.6 Å². The van der Waals surface area contributed by atoms with Crippen molar-refractivity contribution in [1.29, 1.82) is 0 Å². The Morgan fingerprint density at radius 1 is 1.33 bits per heavy atom. The molecule has 6 heteroatoms. The Balaban J connectivity index is 1.93. The van der Waals surface area contributed by atoms with Crippen molar-refractivity contribution in [2.75, 3.05) is 33.4 Å². The molecule has 0 bridgehead atoms. The Morgan fingerprint density at radius 3 is 2.78 bits per heavy atom. The molecule has 2 fully saturated rings. The van der Waals surface area contributed by atoms with Gasteiger partial charge in [-0.3, -0.25) is 0 Å². The summed E-state index contributed by atoms with van der Waals surface area (Å²) in [6.45, 7) is 2.60. The molecule has 1 N–H and O–H groups in total. The van der Waals surface area contributed by atoms with E-state index < -0.39 is 12.0 Å². The number of hydrogen-bond donors (Lipinski definition) is 1. The lowest BCUT2D eigenvalue weighted by atomic mass is 10.1. The Hall–Kier alpha value is -1.30. The normalized spacial score (nSPS) is 27.8. The largest absolute Gasteiger partial charge is 0.480 e. The minimum absolute atomic E-state index is 0.126. The monoisotopic (exact) mass is 256 g/mol. The first kappa shape index (κ1) is 13.1. The number of carboxylic acid groups (broad SMARTS) is 1. The number of nitrogens with zero attached hydrogens (tertiary/aromatic N) is 2. The average Bonchev–Trinajstić information content (AvgIpc) is 2.96. The minimum atomic E-state index is -0.895. The van der Waals surface area contributed by atoms with E-state index in [-0.39, 0.29) is 6.03 Å². The number of ether oxygens (including phenoxy) is 1. The first-order valence-corrected chi connectivity index (χ1v) is 6.40. The summed E-state index contributed by atoms with van der Waals surface area (Å²) < 4.78 is 5.09. The fourth-order valence-corrected chi connectivity index (χ4v) is 2.81. The van der Waals surface area contributed by atoms with Crippen LogP contribution in [0, 0.1) is 5.92 Å². The Labute approximate surface area is 106 Å². The Morgan fingerprint density at radius 2 is 2.11 bits per heavy atom. The van der Waals surface area contributed by atoms with Gasteiger partial charge in [0.25, 0.3) is 0 Å². The zero-order valence-corrected chi connectivity index (χ0v) is 10.7. The molecule has 2 aliphatic rings. The van der Waals surface area contributed by atoms with Crippen LogP contribution < -0.4 is 0 Å². The van der Waals surface area contributed by atoms with Crippen molar-refractivity contribution in [3.05, 3.63) is 0 Å². The lowest BCUT2D eigenvalue weighted by molar-refractivity contribution is -0.141. The van der Waals surface area contributed by atoms with Crippen LogP contribution in [0.2, 0.25) is 0 Å². The van der Waals surface area contributed by atoms with E-state index in [0.29, 0.717) is 38.6 Å². The van der Waals surface area contributed by atoms with Crippen LogP contribution in [-0.2, 0) is 9.53 Å². The molecule has 2 unspecified atom stereocenters. The van der Waals surface area contributed by atoms with Crippen molar-refractivity contribution in [2.24, 2.45) is 5.92 Å². The third-order valence-corrected chi connectivity index (χ3v) is 3.74. The van der Waals surface area contributed by atoms with Crippen molar-refractivity contribution in [1.82, 2.24) is 9.80 Å². The van der Waals surface area contributed by atoms with E-state index in [1.807, 2.05) is 0 Å². The summed E-state index contributed by atoms with van der Waals surface area (Å²) in [6, 6.07) is -0.766. The predicted octanol–water partition coefficient (Wildman–Crippen LogP) is 0.624. The molecular formula is C12H20N2O4. The third-order valence-electron chi connectivity index (χ3n) is 3.74. The van der Waals surface area contributed by atoms with Gasteiger partial charge in [-0.1, -0.05) is 0 Å². The fourth-order valence-electron chi connectivity index (χ4n) is 2.81. The SMILES string of the molecule is COCC1CCN(C(=O)N2CCCC2C(=O)O)C1. The maximum absolute atomic E-state index is 12.3. The number of carboxylic acids is 1. The van der Waals surface area contributed by atoms with E-state index >= 15 is 0 Å². The number of urea groups is 1. The molecule has 2 amide bonds. The quantitative estimate of drug-likeness (QED) is 0.803. The zero-order valence-electron chi connectivity index (χ0n) is 10.7. The van der Waals surface area contributed by atoms with Crippen molar-refractivity contribution < 1.29 is 19.4 Å². The lowest BCUT2D eigenvalue weighted by Gasteiger charge is -2.27. The summed E-state index contributed by atoms with van der Waals surface area (Å²) in [5.74, 6) is -0.515. The van der Waals surface area contributed by atoms with Gasteiger partial charge in [-0.2, -0.15) is 0 Å². The topological polar surface area (TPSA) is 70.1 Å². The van der Waals surface area contributed by atoms with Crippen LogP contribution in [0.5, 0.6) is 0 Å². The molecule has 2 aliphatic heterocycles. The predicted molar refractivity (Wildman–Crippen MR) is 64.3 cm³/mol. The second-order valence-corrected chi connectivity index (χ2v) is 5.03. The number of amides is 2. The second-order valence-electron chi connectivity index (χ2n) is 5.03. The highest BCUT2D eigenvalue weighted by Gasteiger charge is 2.38. The van der Waals surface area contributed by atoms with Gasteiger partial charge in [-0.15, -0.1) is 0 Å². The number of hydrogen-bond acceptors (Lipinski definition) is 3. The van der Waals surface area contributed by atoms with Gasteiger partial charge in [0.15, 0.2) is 0 Å². The van der Waals surface area contributed by atoms with Crippen LogP contribution in [0.25, 0.3) is 0 Å². The van der Waals surface area contributed by atoms with E-state index in [2.05, 4.69) is 0 Å². The lowest BCUT2D eigenvalue weighted by Crippen LogP contribution is -2.47. The molecule has 2 saturated heterocycles. The molecule has 2 rings (SSSR count). The molecule has 0 aliphatic carbocycles. The molecule has 0 spiro atoms. The number of carbonyl (C=O) groups excluding carboxylic acids is 1. The molecule has 0 aromatic heterocycles. The summed E-state index contributed by atoms with van der Waals surface area (Å²) in [6.07, 6.45) is 2.28. The standard InChI is InChI=1S/C12H20N2O4/c1-18-8-9-4-6-13(7-9)12(17)14-5-2-3-10(14)11(15)16/h9-10H,2-8H2,1H3,(H,15,16). The third kappa shape index (κ3) is 2.58. The highest BCUT2D eigenvalue weighted by molar-refractivity contribution is 5.83. The van der Waals surface area contributed by atoms with Crippen molar-refractivity contribution >= 4 is 12.0 Å². The number of methoxy groups -OCH3 is 1. The highest BCUT2D eigenvalue weighted by atomic mass is 16.5. The van der Waals surface area contributed by atoms with Gasteiger partial charge in [-0.05, 0) is 19.3 Å². The summed E-state index contributed by atoms with van der Waals surface area (Å²) >= 11 is 0. The molecular weight excluding hydrogens is 236 g/mol. The molecule has 2 heterocycles. The van der Waals surface area contributed by atoms with Gasteiger partial charge in [0.1, 0.15) is 6.04 Å². The van der Waals surface area contributed by atoms with Crippen LogP contribution >= 0.6 is 0 Å². The Bertz CT molecular complexity index is 334. The molecule has 6 nitrogen and oxygen atoms in total. The van der Waals surface area contributed by atoms with Crippen molar-refractivity contribution in [3.8, 4) is 0 Å². The average molecular weight is 256 g/mol. The van der Waals surface area contributed by atoms with E-state index in [1.165, 1.54) is 4.90 Å². The Kier molecular flexibility index (Phi) is 4.06. The molecule has 0 radical (unpaired) electrons. The fraction of sp³-hybridized carbons (Fsp3) is 0.833. The smallest absolute Gasteiger partial charge is 0.326 e. The first-order chi connectivity index (χ1) is 8.63. The first-order valence-electron chi connectivity index (χ1n) is 6.40. The van der Waals surface area contributed by atoms with Crippen LogP contribution in [0.15, 0.2) is 0 Å². The summed E-state index contributed by atoms with van der Waals surface area (Å²) in [5, 5.41) is 9.08. The van der Waals surface area contributed by atoms with Crippen molar-refractivity contribution in [2.45, 2.75) is 25.3 Å². The van der Waals surface area contributed by atoms with E-state index in [0.717, 1.165) is 12.8 Å². The molecule has 0 aromatic carbocycles. The van der Waals surface area contributed by atoms with E-state index in [1.54, 1.807) is 12.0 Å². The van der Waals surface area contributed by atoms with Crippen LogP contribution in [0.1, 0.15) is 19.3 Å². The maximum atomic E-state index is 12.3. The van der Waals surface area contributed by atoms with E-state index in [4.69, 9.17) is 9.84 Å². The highest BCUT2D eigenvalue weighted by Crippen LogP contribution is 2.23. The van der Waals surface area contributed by atoms with Crippen LogP contribution in [0.4, 0.5) is 4.79 Å². The van der Waals surface area contributed by atoms with Gasteiger partial charge in [0.05, 0.1) is 6.61 Å². The van der Waals surface area contributed by atoms with Gasteiger partial charge >= 0.3 is 12.0 Å². The number of rotatable bonds is 3. The molecule has 0 aromatic rings. The number of likely N-dealkylation sites (tertiary alicyclic amines) is 2. The summed E-state index contributed by atoms with van der Waals surface area (Å²) in [7, 11) is 1.66. The summed E-state index contributed by atoms with van der Waals surface area (Å²) in [4.78, 5) is 26.6. The molecule has 102 valence electrons. The van der Waals surface area contributed by atoms with Crippen LogP contribution in [-0.4, -0.2) is 66.3 Å². The van der Waals surface area contributed by atoms with Gasteiger partial charge in [0, 0.05) is 32.7 Å². The van der Waals surface area contributed by atoms with Crippen molar-refractivity contribution in [3.63, 3.8) is 0 Å². The zero-order chi connectivity index (χ0) is 13.1. The number of carbonyl (C=O) groups is 2. The summed E-state index contributed by atoms with van der Waals surface area (Å²) in [5.41, 5.74) is 0. The minimum Gasteiger partial charge on any atom is -0.480 e. The van der Waals surface area contributed by atoms with Gasteiger partial charge in [-0.25, -0.2) is 9.59 Å². The molecule has 2 atom stereocenters.